The third-order valence-electron chi connectivity index (χ3n) is 7.00. The van der Waals surface area contributed by atoms with Crippen molar-refractivity contribution in [2.24, 2.45) is 5.92 Å². The van der Waals surface area contributed by atoms with E-state index in [1.807, 2.05) is 25.1 Å². The van der Waals surface area contributed by atoms with Gasteiger partial charge in [0, 0.05) is 23.5 Å². The number of piperidine rings is 1. The molecular weight excluding hydrogens is 440 g/mol. The van der Waals surface area contributed by atoms with Crippen LogP contribution in [0.1, 0.15) is 61.7 Å². The van der Waals surface area contributed by atoms with Gasteiger partial charge in [-0.15, -0.1) is 0 Å². The zero-order chi connectivity index (χ0) is 24.6. The highest BCUT2D eigenvalue weighted by atomic mass is 16.5. The number of benzene rings is 2. The van der Waals surface area contributed by atoms with E-state index in [1.165, 1.54) is 0 Å². The lowest BCUT2D eigenvalue weighted by molar-refractivity contribution is -0.127. The van der Waals surface area contributed by atoms with E-state index in [2.05, 4.69) is 65.4 Å². The van der Waals surface area contributed by atoms with Crippen LogP contribution in [0.15, 0.2) is 47.0 Å². The van der Waals surface area contributed by atoms with Crippen LogP contribution in [0, 0.1) is 19.8 Å². The maximum absolute atomic E-state index is 13.2. The van der Waals surface area contributed by atoms with Crippen molar-refractivity contribution in [3.63, 3.8) is 0 Å². The van der Waals surface area contributed by atoms with Crippen LogP contribution in [0.25, 0.3) is 11.4 Å². The van der Waals surface area contributed by atoms with Crippen LogP contribution in [0.5, 0.6) is 5.75 Å². The molecule has 1 unspecified atom stereocenters. The van der Waals surface area contributed by atoms with E-state index in [-0.39, 0.29) is 23.5 Å². The molecule has 2 aromatic carbocycles. The molecule has 2 aliphatic rings. The molecule has 3 aromatic rings. The van der Waals surface area contributed by atoms with E-state index in [4.69, 9.17) is 9.26 Å². The van der Waals surface area contributed by atoms with Crippen LogP contribution in [-0.4, -0.2) is 39.6 Å². The summed E-state index contributed by atoms with van der Waals surface area (Å²) in [6.45, 7) is 10.5. The van der Waals surface area contributed by atoms with Crippen LogP contribution in [0.2, 0.25) is 0 Å². The lowest BCUT2D eigenvalue weighted by Crippen LogP contribution is -2.45. The summed E-state index contributed by atoms with van der Waals surface area (Å²) in [5.41, 5.74) is 4.04. The topological polar surface area (TPSA) is 80.5 Å². The predicted octanol–water partition coefficient (Wildman–Crippen LogP) is 4.98. The average molecular weight is 475 g/mol. The van der Waals surface area contributed by atoms with Crippen molar-refractivity contribution >= 4 is 5.91 Å². The molecule has 1 fully saturated rings. The van der Waals surface area contributed by atoms with Gasteiger partial charge in [-0.1, -0.05) is 41.1 Å². The van der Waals surface area contributed by atoms with Gasteiger partial charge in [0.05, 0.1) is 12.6 Å². The number of ether oxygens (including phenoxy) is 1. The van der Waals surface area contributed by atoms with E-state index in [0.717, 1.165) is 60.4 Å². The summed E-state index contributed by atoms with van der Waals surface area (Å²) in [6, 6.07) is 14.3. The highest BCUT2D eigenvalue weighted by molar-refractivity contribution is 5.79. The number of nitrogens with zero attached hydrogens (tertiary/aromatic N) is 3. The lowest BCUT2D eigenvalue weighted by Gasteiger charge is -2.39. The van der Waals surface area contributed by atoms with Gasteiger partial charge in [0.2, 0.25) is 17.6 Å². The number of nitrogens with one attached hydrogen (secondary N) is 1. The molecule has 0 spiro atoms. The smallest absolute Gasteiger partial charge is 0.241 e. The minimum Gasteiger partial charge on any atom is -0.487 e. The molecular formula is C28H34N4O3. The Kier molecular flexibility index (Phi) is 6.36. The van der Waals surface area contributed by atoms with E-state index >= 15 is 0 Å². The van der Waals surface area contributed by atoms with Gasteiger partial charge in [0.1, 0.15) is 11.4 Å². The number of aromatic nitrogens is 2. The number of rotatable bonds is 5. The second-order valence-corrected chi connectivity index (χ2v) is 10.6. The van der Waals surface area contributed by atoms with Crippen molar-refractivity contribution in [2.75, 3.05) is 13.1 Å². The quantitative estimate of drug-likeness (QED) is 0.562. The van der Waals surface area contributed by atoms with Crippen LogP contribution < -0.4 is 10.1 Å². The Labute approximate surface area is 206 Å². The first-order chi connectivity index (χ1) is 16.8. The minimum absolute atomic E-state index is 0.0108. The highest BCUT2D eigenvalue weighted by Gasteiger charge is 2.36. The van der Waals surface area contributed by atoms with Crippen molar-refractivity contribution in [2.45, 2.75) is 65.1 Å². The molecule has 184 valence electrons. The average Bonchev–Trinajstić information content (AvgIpc) is 3.27. The summed E-state index contributed by atoms with van der Waals surface area (Å²) < 4.78 is 11.7. The fourth-order valence-electron chi connectivity index (χ4n) is 5.14. The largest absolute Gasteiger partial charge is 0.487 e. The molecule has 1 atom stereocenters. The van der Waals surface area contributed by atoms with E-state index in [9.17, 15) is 4.79 Å². The molecule has 1 saturated heterocycles. The standard InChI is InChI=1S/C28H34N4O3/c1-18-6-5-7-21(14-18)26-30-25(35-31-26)17-32-12-10-20(11-13-32)27(33)29-23-16-28(3,4)34-24-15-19(2)8-9-22(23)24/h5-9,14-15,20,23H,10-13,16-17H2,1-4H3,(H,29,33). The number of carbonyl (C=O) groups is 1. The number of amides is 1. The zero-order valence-electron chi connectivity index (χ0n) is 21.0. The third kappa shape index (κ3) is 5.40. The molecule has 35 heavy (non-hydrogen) atoms. The van der Waals surface area contributed by atoms with Gasteiger partial charge in [-0.05, 0) is 71.3 Å². The first-order valence-electron chi connectivity index (χ1n) is 12.5. The predicted molar refractivity (Wildman–Crippen MR) is 134 cm³/mol. The van der Waals surface area contributed by atoms with Crippen molar-refractivity contribution in [1.82, 2.24) is 20.4 Å². The number of hydrogen-bond acceptors (Lipinski definition) is 6. The molecule has 0 saturated carbocycles. The Bertz CT molecular complexity index is 1210. The van der Waals surface area contributed by atoms with Crippen LogP contribution in [-0.2, 0) is 11.3 Å². The second-order valence-electron chi connectivity index (χ2n) is 10.6. The van der Waals surface area contributed by atoms with Crippen molar-refractivity contribution in [3.8, 4) is 17.1 Å². The van der Waals surface area contributed by atoms with Crippen LogP contribution >= 0.6 is 0 Å². The SMILES string of the molecule is Cc1cccc(-c2noc(CN3CCC(C(=O)NC4CC(C)(C)Oc5cc(C)ccc54)CC3)n2)c1. The summed E-state index contributed by atoms with van der Waals surface area (Å²) in [7, 11) is 0. The first kappa shape index (κ1) is 23.5. The first-order valence-corrected chi connectivity index (χ1v) is 12.5. The molecule has 7 heteroatoms. The Morgan fingerprint density at radius 3 is 2.66 bits per heavy atom. The van der Waals surface area contributed by atoms with Gasteiger partial charge in [0.15, 0.2) is 0 Å². The number of carbonyl (C=O) groups excluding carboxylic acids is 1. The number of likely N-dealkylation sites (tertiary alicyclic amines) is 1. The summed E-state index contributed by atoms with van der Waals surface area (Å²) >= 11 is 0. The Morgan fingerprint density at radius 2 is 1.89 bits per heavy atom. The highest BCUT2D eigenvalue weighted by Crippen LogP contribution is 2.40. The van der Waals surface area contributed by atoms with Crippen molar-refractivity contribution in [3.05, 3.63) is 65.0 Å². The molecule has 1 aromatic heterocycles. The minimum atomic E-state index is -0.316. The van der Waals surface area contributed by atoms with Crippen molar-refractivity contribution in [1.29, 1.82) is 0 Å². The fourth-order valence-corrected chi connectivity index (χ4v) is 5.14. The third-order valence-corrected chi connectivity index (χ3v) is 7.00. The summed E-state index contributed by atoms with van der Waals surface area (Å²) in [6.07, 6.45) is 2.39. The van der Waals surface area contributed by atoms with Crippen molar-refractivity contribution < 1.29 is 14.1 Å². The zero-order valence-corrected chi connectivity index (χ0v) is 21.0. The van der Waals surface area contributed by atoms with Crippen LogP contribution in [0.3, 0.4) is 0 Å². The second kappa shape index (κ2) is 9.46. The fraction of sp³-hybridized carbons (Fsp3) is 0.464. The van der Waals surface area contributed by atoms with Gasteiger partial charge in [-0.3, -0.25) is 9.69 Å². The number of fused-ring (bicyclic) bond motifs is 1. The summed E-state index contributed by atoms with van der Waals surface area (Å²) in [5, 5.41) is 7.48. The molecule has 0 radical (unpaired) electrons. The van der Waals surface area contributed by atoms with E-state index in [1.54, 1.807) is 0 Å². The summed E-state index contributed by atoms with van der Waals surface area (Å²) in [4.78, 5) is 20.1. The molecule has 2 aliphatic heterocycles. The molecule has 5 rings (SSSR count). The van der Waals surface area contributed by atoms with Crippen LogP contribution in [0.4, 0.5) is 0 Å². The number of aryl methyl sites for hydroxylation is 2. The number of hydrogen-bond donors (Lipinski definition) is 1. The maximum Gasteiger partial charge on any atom is 0.241 e. The van der Waals surface area contributed by atoms with Gasteiger partial charge >= 0.3 is 0 Å². The molecule has 1 N–H and O–H groups in total. The monoisotopic (exact) mass is 474 g/mol. The maximum atomic E-state index is 13.2. The molecule has 3 heterocycles. The Morgan fingerprint density at radius 1 is 1.11 bits per heavy atom. The summed E-state index contributed by atoms with van der Waals surface area (Å²) in [5.74, 6) is 2.26. The van der Waals surface area contributed by atoms with Gasteiger partial charge < -0.3 is 14.6 Å². The van der Waals surface area contributed by atoms with E-state index < -0.39 is 0 Å². The van der Waals surface area contributed by atoms with E-state index in [0.29, 0.717) is 18.3 Å². The molecule has 7 nitrogen and oxygen atoms in total. The molecule has 0 bridgehead atoms. The Hall–Kier alpha value is -3.19. The van der Waals surface area contributed by atoms with Gasteiger partial charge in [-0.2, -0.15) is 4.98 Å². The van der Waals surface area contributed by atoms with Gasteiger partial charge in [0.25, 0.3) is 0 Å². The lowest BCUT2D eigenvalue weighted by atomic mass is 9.88. The molecule has 1 amide bonds. The normalized spacial score (nSPS) is 20.2. The van der Waals surface area contributed by atoms with Gasteiger partial charge in [-0.25, -0.2) is 0 Å². The Balaban J connectivity index is 1.17. The molecule has 0 aliphatic carbocycles.